The summed E-state index contributed by atoms with van der Waals surface area (Å²) in [4.78, 5) is 0. The molecule has 1 nitrogen and oxygen atoms in total. The van der Waals surface area contributed by atoms with E-state index in [1.165, 1.54) is 32.1 Å². The third kappa shape index (κ3) is 1.96. The normalized spacial score (nSPS) is 50.8. The molecule has 0 spiro atoms. The van der Waals surface area contributed by atoms with Gasteiger partial charge < -0.3 is 17.5 Å². The van der Waals surface area contributed by atoms with E-state index < -0.39 is 5.60 Å². The molecule has 0 aliphatic heterocycles. The minimum Gasteiger partial charge on any atom is -1.00 e. The zero-order valence-electron chi connectivity index (χ0n) is 9.55. The van der Waals surface area contributed by atoms with E-state index in [2.05, 4.69) is 6.92 Å². The van der Waals surface area contributed by atoms with Gasteiger partial charge in [0.05, 0.1) is 0 Å². The Labute approximate surface area is 115 Å². The van der Waals surface area contributed by atoms with Crippen LogP contribution in [0.15, 0.2) is 0 Å². The van der Waals surface area contributed by atoms with Gasteiger partial charge in [-0.2, -0.15) is 0 Å². The fraction of sp³-hybridized carbons (Fsp3) is 1.00. The maximum absolute atomic E-state index is 12.6. The van der Waals surface area contributed by atoms with Crippen LogP contribution in [0.2, 0.25) is 0 Å². The summed E-state index contributed by atoms with van der Waals surface area (Å²) < 4.78 is 0. The molecule has 4 bridgehead atoms. The van der Waals surface area contributed by atoms with Gasteiger partial charge in [-0.1, -0.05) is 25.2 Å². The molecule has 4 rings (SSSR count). The summed E-state index contributed by atoms with van der Waals surface area (Å²) >= 11 is 0. The largest absolute Gasteiger partial charge is 2.00 e. The van der Waals surface area contributed by atoms with Gasteiger partial charge in [-0.15, -0.1) is 5.60 Å². The monoisotopic (exact) mass is 238 g/mol. The van der Waals surface area contributed by atoms with Gasteiger partial charge in [0.1, 0.15) is 0 Å². The molecule has 82 valence electrons. The number of hydrogen-bond acceptors (Lipinski definition) is 1. The molecule has 0 heterocycles. The number of hydrogen-bond donors (Lipinski definition) is 0. The molecule has 0 atom stereocenters. The van der Waals surface area contributed by atoms with Gasteiger partial charge in [0.15, 0.2) is 0 Å². The van der Waals surface area contributed by atoms with E-state index in [1.54, 1.807) is 0 Å². The molecule has 4 fully saturated rings. The Kier molecular flexibility index (Phi) is 4.42. The zero-order chi connectivity index (χ0) is 9.05. The van der Waals surface area contributed by atoms with Crippen molar-refractivity contribution in [3.63, 3.8) is 0 Å². The van der Waals surface area contributed by atoms with Crippen LogP contribution in [0, 0.1) is 23.7 Å². The Balaban J connectivity index is 0.000000562. The van der Waals surface area contributed by atoms with Crippen molar-refractivity contribution in [3.05, 3.63) is 0 Å². The molecule has 0 N–H and O–H groups in total. The van der Waals surface area contributed by atoms with Crippen molar-refractivity contribution < 1.29 is 17.5 Å². The van der Waals surface area contributed by atoms with Crippen molar-refractivity contribution in [2.75, 3.05) is 0 Å². The average molecular weight is 239 g/mol. The van der Waals surface area contributed by atoms with Gasteiger partial charge in [-0.05, 0) is 43.9 Å². The van der Waals surface area contributed by atoms with Crippen LogP contribution in [-0.4, -0.2) is 28.7 Å². The summed E-state index contributed by atoms with van der Waals surface area (Å²) in [5.74, 6) is 2.98. The van der Waals surface area contributed by atoms with E-state index in [-0.39, 0.29) is 35.5 Å². The maximum Gasteiger partial charge on any atom is 2.00 e. The van der Waals surface area contributed by atoms with Gasteiger partial charge in [0, 0.05) is 0 Å². The molecule has 4 saturated carbocycles. The van der Waals surface area contributed by atoms with Crippen LogP contribution in [0.25, 0.3) is 0 Å². The molecule has 0 aromatic rings. The first-order valence-corrected chi connectivity index (χ1v) is 5.92. The SMILES string of the molecule is CCC1([O-])C2CC3CC(C2)CC1C3.[Cl-].[Mg+2]. The van der Waals surface area contributed by atoms with Crippen LogP contribution < -0.4 is 17.5 Å². The Morgan fingerprint density at radius 1 is 1.00 bits per heavy atom. The van der Waals surface area contributed by atoms with E-state index >= 15 is 0 Å². The topological polar surface area (TPSA) is 23.1 Å². The van der Waals surface area contributed by atoms with Gasteiger partial charge >= 0.3 is 23.1 Å². The summed E-state index contributed by atoms with van der Waals surface area (Å²) in [5, 5.41) is 12.6. The summed E-state index contributed by atoms with van der Waals surface area (Å²) in [5.41, 5.74) is -0.507. The number of rotatable bonds is 1. The minimum absolute atomic E-state index is 0. The standard InChI is InChI=1S/C12H19O.ClH.Mg/c1-2-12(13)10-4-8-3-9(6-10)7-11(12)5-8;;/h8-11H,2-7H2,1H3;1H;/q-1;;+2/p-1. The van der Waals surface area contributed by atoms with Gasteiger partial charge in [0.25, 0.3) is 0 Å². The van der Waals surface area contributed by atoms with Crippen molar-refractivity contribution in [1.82, 2.24) is 0 Å². The second kappa shape index (κ2) is 4.71. The Bertz CT molecular complexity index is 204. The van der Waals surface area contributed by atoms with Gasteiger partial charge in [0.2, 0.25) is 0 Å². The summed E-state index contributed by atoms with van der Waals surface area (Å²) in [6.45, 7) is 2.11. The van der Waals surface area contributed by atoms with Crippen LogP contribution in [-0.2, 0) is 0 Å². The van der Waals surface area contributed by atoms with Crippen LogP contribution in [0.4, 0.5) is 0 Å². The van der Waals surface area contributed by atoms with Crippen LogP contribution in [0.5, 0.6) is 0 Å². The summed E-state index contributed by atoms with van der Waals surface area (Å²) in [6.07, 6.45) is 7.40. The van der Waals surface area contributed by atoms with Crippen LogP contribution in [0.3, 0.4) is 0 Å². The minimum atomic E-state index is -0.507. The fourth-order valence-electron chi connectivity index (χ4n) is 4.56. The van der Waals surface area contributed by atoms with Crippen LogP contribution in [0.1, 0.15) is 45.4 Å². The maximum atomic E-state index is 12.6. The fourth-order valence-corrected chi connectivity index (χ4v) is 4.56. The van der Waals surface area contributed by atoms with E-state index in [0.717, 1.165) is 18.3 Å². The van der Waals surface area contributed by atoms with Crippen molar-refractivity contribution in [3.8, 4) is 0 Å². The van der Waals surface area contributed by atoms with Gasteiger partial charge in [-0.25, -0.2) is 0 Å². The molecule has 4 aliphatic rings. The second-order valence-electron chi connectivity index (χ2n) is 5.61. The first kappa shape index (κ1) is 14.1. The molecule has 0 aromatic heterocycles. The first-order valence-electron chi connectivity index (χ1n) is 5.92. The zero-order valence-corrected chi connectivity index (χ0v) is 11.7. The third-order valence-corrected chi connectivity index (χ3v) is 5.07. The molecular formula is C12H19ClMgO. The molecule has 0 radical (unpaired) electrons. The van der Waals surface area contributed by atoms with Crippen molar-refractivity contribution >= 4 is 23.1 Å². The Hall–Kier alpha value is 1.02. The Morgan fingerprint density at radius 2 is 1.40 bits per heavy atom. The predicted molar refractivity (Wildman–Crippen MR) is 55.8 cm³/mol. The first-order chi connectivity index (χ1) is 6.22. The smallest absolute Gasteiger partial charge is 1.00 e. The molecule has 3 heteroatoms. The second-order valence-corrected chi connectivity index (χ2v) is 5.61. The van der Waals surface area contributed by atoms with E-state index in [1.807, 2.05) is 0 Å². The molecule has 0 amide bonds. The Morgan fingerprint density at radius 3 is 1.73 bits per heavy atom. The molecule has 15 heavy (non-hydrogen) atoms. The third-order valence-electron chi connectivity index (χ3n) is 5.07. The summed E-state index contributed by atoms with van der Waals surface area (Å²) in [6, 6.07) is 0. The quantitative estimate of drug-likeness (QED) is 0.515. The molecule has 0 unspecified atom stereocenters. The predicted octanol–water partition coefficient (Wildman–Crippen LogP) is -1.43. The summed E-state index contributed by atoms with van der Waals surface area (Å²) in [7, 11) is 0. The van der Waals surface area contributed by atoms with Crippen molar-refractivity contribution in [2.24, 2.45) is 23.7 Å². The molecular weight excluding hydrogens is 220 g/mol. The van der Waals surface area contributed by atoms with Crippen LogP contribution >= 0.6 is 0 Å². The van der Waals surface area contributed by atoms with Crippen molar-refractivity contribution in [2.45, 2.75) is 51.0 Å². The molecule has 0 aromatic carbocycles. The van der Waals surface area contributed by atoms with Gasteiger partial charge in [-0.3, -0.25) is 0 Å². The van der Waals surface area contributed by atoms with Crippen molar-refractivity contribution in [1.29, 1.82) is 0 Å². The average Bonchev–Trinajstić information content (AvgIpc) is 2.13. The molecule has 4 aliphatic carbocycles. The van der Waals surface area contributed by atoms with E-state index in [9.17, 15) is 5.11 Å². The number of halogens is 1. The molecule has 0 saturated heterocycles. The van der Waals surface area contributed by atoms with E-state index in [0.29, 0.717) is 11.8 Å². The van der Waals surface area contributed by atoms with E-state index in [4.69, 9.17) is 0 Å².